The third-order valence-electron chi connectivity index (χ3n) is 3.61. The lowest BCUT2D eigenvalue weighted by Crippen LogP contribution is -2.45. The van der Waals surface area contributed by atoms with Gasteiger partial charge in [-0.2, -0.15) is 5.10 Å². The molecule has 0 aliphatic carbocycles. The van der Waals surface area contributed by atoms with Gasteiger partial charge < -0.3 is 14.4 Å². The number of hydrogen-bond donors (Lipinski definition) is 1. The maximum atomic E-state index is 12.4. The Hall–Kier alpha value is -3.01. The number of benzene rings is 1. The normalized spacial score (nSPS) is 17.5. The van der Waals surface area contributed by atoms with Crippen molar-refractivity contribution in [2.45, 2.75) is 6.04 Å². The van der Waals surface area contributed by atoms with Gasteiger partial charge in [0.2, 0.25) is 0 Å². The number of aromatic nitrogens is 3. The lowest BCUT2D eigenvalue weighted by atomic mass is 10.2. The van der Waals surface area contributed by atoms with Crippen LogP contribution >= 0.6 is 0 Å². The summed E-state index contributed by atoms with van der Waals surface area (Å²) in [4.78, 5) is 28.2. The summed E-state index contributed by atoms with van der Waals surface area (Å²) >= 11 is 0. The Bertz CT molecular complexity index is 703. The van der Waals surface area contributed by atoms with Crippen molar-refractivity contribution in [2.75, 3.05) is 26.4 Å². The number of carbonyl (C=O) groups excluding carboxylic acids is 1. The van der Waals surface area contributed by atoms with Crippen LogP contribution in [0.1, 0.15) is 11.9 Å². The summed E-state index contributed by atoms with van der Waals surface area (Å²) in [6.07, 6.45) is 1.37. The number of carbonyl (C=O) groups is 1. The molecule has 1 N–H and O–H groups in total. The third kappa shape index (κ3) is 3.49. The molecule has 0 spiro atoms. The molecule has 24 heavy (non-hydrogen) atoms. The minimum Gasteiger partial charge on any atom is -0.484 e. The fraction of sp³-hybridized carbons (Fsp3) is 0.357. The topological polar surface area (TPSA) is 123 Å². The first kappa shape index (κ1) is 15.9. The predicted molar refractivity (Wildman–Crippen MR) is 80.2 cm³/mol. The number of ether oxygens (including phenoxy) is 2. The van der Waals surface area contributed by atoms with Crippen LogP contribution in [0.5, 0.6) is 5.75 Å². The second-order valence-electron chi connectivity index (χ2n) is 5.09. The predicted octanol–water partition coefficient (Wildman–Crippen LogP) is 0.692. The molecule has 10 nitrogen and oxygen atoms in total. The van der Waals surface area contributed by atoms with Crippen LogP contribution in [0.15, 0.2) is 30.6 Å². The number of nitrogens with one attached hydrogen (secondary N) is 1. The first-order valence-corrected chi connectivity index (χ1v) is 7.25. The molecule has 1 aliphatic rings. The van der Waals surface area contributed by atoms with E-state index in [1.54, 1.807) is 4.90 Å². The van der Waals surface area contributed by atoms with Crippen LogP contribution in [-0.2, 0) is 9.53 Å². The summed E-state index contributed by atoms with van der Waals surface area (Å²) in [6.45, 7) is 1.02. The fourth-order valence-electron chi connectivity index (χ4n) is 2.40. The average molecular weight is 333 g/mol. The van der Waals surface area contributed by atoms with Gasteiger partial charge in [-0.15, -0.1) is 0 Å². The number of hydrogen-bond acceptors (Lipinski definition) is 7. The number of aromatic amines is 1. The molecule has 10 heteroatoms. The molecule has 0 unspecified atom stereocenters. The Kier molecular flexibility index (Phi) is 4.66. The van der Waals surface area contributed by atoms with E-state index in [0.29, 0.717) is 31.3 Å². The first-order chi connectivity index (χ1) is 11.6. The van der Waals surface area contributed by atoms with E-state index in [2.05, 4.69) is 15.2 Å². The molecule has 1 aliphatic heterocycles. The van der Waals surface area contributed by atoms with E-state index in [0.717, 1.165) is 0 Å². The lowest BCUT2D eigenvalue weighted by molar-refractivity contribution is -0.384. The largest absolute Gasteiger partial charge is 0.484 e. The van der Waals surface area contributed by atoms with Crippen LogP contribution in [0.3, 0.4) is 0 Å². The molecule has 1 amide bonds. The number of nitro groups is 1. The molecule has 1 aromatic heterocycles. The zero-order valence-electron chi connectivity index (χ0n) is 12.6. The maximum absolute atomic E-state index is 12.4. The Morgan fingerprint density at radius 2 is 2.25 bits per heavy atom. The standard InChI is InChI=1S/C14H15N5O5/c20-13(8-24-11-3-1-10(2-4-11)19(21)22)18-5-6-23-7-12(18)14-15-9-16-17-14/h1-4,9,12H,5-8H2,(H,15,16,17)/t12-/m0/s1. The Morgan fingerprint density at radius 3 is 2.92 bits per heavy atom. The van der Waals surface area contributed by atoms with Gasteiger partial charge in [-0.1, -0.05) is 0 Å². The molecule has 0 bridgehead atoms. The Morgan fingerprint density at radius 1 is 1.46 bits per heavy atom. The molecule has 0 radical (unpaired) electrons. The van der Waals surface area contributed by atoms with Crippen LogP contribution in [0.4, 0.5) is 5.69 Å². The molecular weight excluding hydrogens is 318 g/mol. The zero-order chi connectivity index (χ0) is 16.9. The first-order valence-electron chi connectivity index (χ1n) is 7.25. The summed E-state index contributed by atoms with van der Waals surface area (Å²) in [5.41, 5.74) is -0.0350. The van der Waals surface area contributed by atoms with E-state index in [-0.39, 0.29) is 24.2 Å². The molecule has 2 heterocycles. The van der Waals surface area contributed by atoms with Gasteiger partial charge in [0.15, 0.2) is 6.61 Å². The average Bonchev–Trinajstić information content (AvgIpc) is 3.14. The van der Waals surface area contributed by atoms with Gasteiger partial charge in [0, 0.05) is 18.7 Å². The van der Waals surface area contributed by atoms with Crippen molar-refractivity contribution in [1.29, 1.82) is 0 Å². The van der Waals surface area contributed by atoms with E-state index in [1.165, 1.54) is 30.6 Å². The quantitative estimate of drug-likeness (QED) is 0.630. The van der Waals surface area contributed by atoms with Crippen molar-refractivity contribution >= 4 is 11.6 Å². The molecule has 1 atom stereocenters. The number of morpholine rings is 1. The minimum atomic E-state index is -0.495. The van der Waals surface area contributed by atoms with Gasteiger partial charge >= 0.3 is 0 Å². The summed E-state index contributed by atoms with van der Waals surface area (Å²) in [5, 5.41) is 17.1. The van der Waals surface area contributed by atoms with E-state index in [9.17, 15) is 14.9 Å². The molecular formula is C14H15N5O5. The van der Waals surface area contributed by atoms with Gasteiger partial charge in [-0.05, 0) is 12.1 Å². The molecule has 1 fully saturated rings. The molecule has 126 valence electrons. The van der Waals surface area contributed by atoms with Crippen molar-refractivity contribution < 1.29 is 19.2 Å². The lowest BCUT2D eigenvalue weighted by Gasteiger charge is -2.34. The van der Waals surface area contributed by atoms with Crippen molar-refractivity contribution in [3.63, 3.8) is 0 Å². The number of nitrogens with zero attached hydrogens (tertiary/aromatic N) is 4. The SMILES string of the molecule is O=C(COc1ccc([N+](=O)[O-])cc1)N1CCOC[C@H]1c1ncn[nH]1. The summed E-state index contributed by atoms with van der Waals surface area (Å²) in [7, 11) is 0. The van der Waals surface area contributed by atoms with E-state index in [1.807, 2.05) is 0 Å². The van der Waals surface area contributed by atoms with Crippen LogP contribution in [-0.4, -0.2) is 57.3 Å². The van der Waals surface area contributed by atoms with Crippen LogP contribution in [0, 0.1) is 10.1 Å². The molecule has 0 saturated carbocycles. The van der Waals surface area contributed by atoms with Crippen LogP contribution < -0.4 is 4.74 Å². The highest BCUT2D eigenvalue weighted by Crippen LogP contribution is 2.22. The third-order valence-corrected chi connectivity index (χ3v) is 3.61. The van der Waals surface area contributed by atoms with Crippen LogP contribution in [0.2, 0.25) is 0 Å². The number of H-pyrrole nitrogens is 1. The highest BCUT2D eigenvalue weighted by Gasteiger charge is 2.30. The van der Waals surface area contributed by atoms with Gasteiger partial charge in [-0.3, -0.25) is 20.0 Å². The Labute approximate surface area is 136 Å². The van der Waals surface area contributed by atoms with Crippen molar-refractivity contribution in [1.82, 2.24) is 20.1 Å². The molecule has 1 aromatic carbocycles. The van der Waals surface area contributed by atoms with Crippen LogP contribution in [0.25, 0.3) is 0 Å². The molecule has 3 rings (SSSR count). The highest BCUT2D eigenvalue weighted by atomic mass is 16.6. The van der Waals surface area contributed by atoms with Crippen molar-refractivity contribution in [3.8, 4) is 5.75 Å². The Balaban J connectivity index is 1.62. The van der Waals surface area contributed by atoms with E-state index < -0.39 is 4.92 Å². The van der Waals surface area contributed by atoms with Gasteiger partial charge in [-0.25, -0.2) is 4.98 Å². The second kappa shape index (κ2) is 7.04. The number of rotatable bonds is 5. The van der Waals surface area contributed by atoms with Crippen molar-refractivity contribution in [2.24, 2.45) is 0 Å². The number of non-ortho nitro benzene ring substituents is 1. The molecule has 1 saturated heterocycles. The number of nitro benzene ring substituents is 1. The fourth-order valence-corrected chi connectivity index (χ4v) is 2.40. The van der Waals surface area contributed by atoms with Gasteiger partial charge in [0.05, 0.1) is 18.1 Å². The summed E-state index contributed by atoms with van der Waals surface area (Å²) in [5.74, 6) is 0.717. The summed E-state index contributed by atoms with van der Waals surface area (Å²) < 4.78 is 10.8. The minimum absolute atomic E-state index is 0.0350. The van der Waals surface area contributed by atoms with Gasteiger partial charge in [0.1, 0.15) is 23.9 Å². The van der Waals surface area contributed by atoms with E-state index >= 15 is 0 Å². The number of amides is 1. The zero-order valence-corrected chi connectivity index (χ0v) is 12.6. The van der Waals surface area contributed by atoms with Crippen molar-refractivity contribution in [3.05, 3.63) is 46.5 Å². The smallest absolute Gasteiger partial charge is 0.269 e. The monoisotopic (exact) mass is 333 g/mol. The molecule has 2 aromatic rings. The highest BCUT2D eigenvalue weighted by molar-refractivity contribution is 5.78. The van der Waals surface area contributed by atoms with Gasteiger partial charge in [0.25, 0.3) is 11.6 Å². The maximum Gasteiger partial charge on any atom is 0.269 e. The van der Waals surface area contributed by atoms with E-state index in [4.69, 9.17) is 9.47 Å². The second-order valence-corrected chi connectivity index (χ2v) is 5.09. The summed E-state index contributed by atoms with van der Waals surface area (Å²) in [6, 6.07) is 5.23.